The van der Waals surface area contributed by atoms with Gasteiger partial charge >= 0.3 is 0 Å². The molecule has 0 amide bonds. The minimum Gasteiger partial charge on any atom is -0.395 e. The van der Waals surface area contributed by atoms with E-state index < -0.39 is 30.5 Å². The Bertz CT molecular complexity index is 204. The average molecular weight is 191 g/mol. The van der Waals surface area contributed by atoms with Crippen molar-refractivity contribution in [1.82, 2.24) is 4.90 Å². The van der Waals surface area contributed by atoms with Gasteiger partial charge in [-0.1, -0.05) is 0 Å². The SMILES string of the molecule is OC[C@@H]1[C@@H](O)[C@H](O)[C@H]2[C@H](F)CCN21. The van der Waals surface area contributed by atoms with E-state index in [1.165, 1.54) is 0 Å². The predicted octanol–water partition coefficient (Wildman–Crippen LogP) is -1.50. The highest BCUT2D eigenvalue weighted by molar-refractivity contribution is 5.06. The van der Waals surface area contributed by atoms with Crippen LogP contribution < -0.4 is 0 Å². The summed E-state index contributed by atoms with van der Waals surface area (Å²) in [4.78, 5) is 1.67. The Hall–Kier alpha value is -0.230. The maximum atomic E-state index is 13.2. The van der Waals surface area contributed by atoms with Crippen LogP contribution in [-0.2, 0) is 0 Å². The van der Waals surface area contributed by atoms with Gasteiger partial charge in [0.25, 0.3) is 0 Å². The normalized spacial score (nSPS) is 51.2. The number of hydrogen-bond acceptors (Lipinski definition) is 4. The molecule has 3 N–H and O–H groups in total. The fraction of sp³-hybridized carbons (Fsp3) is 1.00. The molecule has 2 saturated heterocycles. The van der Waals surface area contributed by atoms with Crippen LogP contribution in [0.25, 0.3) is 0 Å². The van der Waals surface area contributed by atoms with Crippen LogP contribution in [0.5, 0.6) is 0 Å². The van der Waals surface area contributed by atoms with E-state index in [1.54, 1.807) is 4.90 Å². The molecule has 4 nitrogen and oxygen atoms in total. The zero-order chi connectivity index (χ0) is 9.59. The van der Waals surface area contributed by atoms with Crippen LogP contribution in [-0.4, -0.2) is 63.8 Å². The Morgan fingerprint density at radius 2 is 2.00 bits per heavy atom. The Kier molecular flexibility index (Phi) is 2.27. The van der Waals surface area contributed by atoms with Crippen molar-refractivity contribution in [2.45, 2.75) is 36.9 Å². The molecule has 0 saturated carbocycles. The summed E-state index contributed by atoms with van der Waals surface area (Å²) in [6.45, 7) is 0.270. The van der Waals surface area contributed by atoms with Gasteiger partial charge in [0, 0.05) is 6.54 Å². The first-order valence-electron chi connectivity index (χ1n) is 4.53. The van der Waals surface area contributed by atoms with Crippen molar-refractivity contribution in [3.05, 3.63) is 0 Å². The van der Waals surface area contributed by atoms with Crippen LogP contribution in [0.4, 0.5) is 4.39 Å². The van der Waals surface area contributed by atoms with Gasteiger partial charge in [-0.05, 0) is 6.42 Å². The highest BCUT2D eigenvalue weighted by atomic mass is 19.1. The Balaban J connectivity index is 2.19. The molecule has 0 aromatic rings. The smallest absolute Gasteiger partial charge is 0.119 e. The van der Waals surface area contributed by atoms with E-state index in [1.807, 2.05) is 0 Å². The van der Waals surface area contributed by atoms with E-state index >= 15 is 0 Å². The highest BCUT2D eigenvalue weighted by Crippen LogP contribution is 2.34. The number of alkyl halides is 1. The van der Waals surface area contributed by atoms with Crippen molar-refractivity contribution in [2.24, 2.45) is 0 Å². The molecule has 0 aliphatic carbocycles. The van der Waals surface area contributed by atoms with Crippen molar-refractivity contribution < 1.29 is 19.7 Å². The number of aliphatic hydroxyl groups excluding tert-OH is 3. The molecule has 0 spiro atoms. The number of nitrogens with zero attached hydrogens (tertiary/aromatic N) is 1. The largest absolute Gasteiger partial charge is 0.395 e. The molecule has 13 heavy (non-hydrogen) atoms. The first-order valence-corrected chi connectivity index (χ1v) is 4.53. The Morgan fingerprint density at radius 1 is 1.31 bits per heavy atom. The molecular formula is C8H14FNO3. The zero-order valence-corrected chi connectivity index (χ0v) is 7.17. The van der Waals surface area contributed by atoms with E-state index in [2.05, 4.69) is 0 Å². The minimum absolute atomic E-state index is 0.235. The molecule has 0 unspecified atom stereocenters. The zero-order valence-electron chi connectivity index (χ0n) is 7.17. The van der Waals surface area contributed by atoms with Crippen molar-refractivity contribution in [1.29, 1.82) is 0 Å². The monoisotopic (exact) mass is 191 g/mol. The standard InChI is InChI=1S/C8H14FNO3/c9-4-1-2-10-5(3-11)7(12)8(13)6(4)10/h4-8,11-13H,1-3H2/t4-,5-,6-,7-,8-/m1/s1. The molecule has 0 radical (unpaired) electrons. The molecule has 2 fully saturated rings. The van der Waals surface area contributed by atoms with E-state index in [9.17, 15) is 14.6 Å². The second kappa shape index (κ2) is 3.16. The average Bonchev–Trinajstić information content (AvgIpc) is 2.57. The van der Waals surface area contributed by atoms with E-state index in [0.29, 0.717) is 13.0 Å². The van der Waals surface area contributed by atoms with Gasteiger partial charge in [0.15, 0.2) is 0 Å². The first-order chi connectivity index (χ1) is 6.16. The van der Waals surface area contributed by atoms with Crippen LogP contribution in [0.1, 0.15) is 6.42 Å². The molecule has 5 atom stereocenters. The summed E-state index contributed by atoms with van der Waals surface area (Å²) in [5.41, 5.74) is 0. The fourth-order valence-electron chi connectivity index (χ4n) is 2.44. The second-order valence-electron chi connectivity index (χ2n) is 3.76. The lowest BCUT2D eigenvalue weighted by molar-refractivity contribution is 0.00866. The molecule has 0 aromatic carbocycles. The summed E-state index contributed by atoms with van der Waals surface area (Å²) >= 11 is 0. The van der Waals surface area contributed by atoms with Crippen LogP contribution in [0.2, 0.25) is 0 Å². The summed E-state index contributed by atoms with van der Waals surface area (Å²) in [6, 6.07) is -1.12. The molecule has 0 bridgehead atoms. The molecule has 0 aromatic heterocycles. The summed E-state index contributed by atoms with van der Waals surface area (Å²) in [7, 11) is 0. The lowest BCUT2D eigenvalue weighted by Gasteiger charge is -2.22. The third kappa shape index (κ3) is 1.19. The van der Waals surface area contributed by atoms with Crippen LogP contribution in [0.3, 0.4) is 0 Å². The molecule has 2 rings (SSSR count). The van der Waals surface area contributed by atoms with Crippen molar-refractivity contribution in [3.63, 3.8) is 0 Å². The maximum Gasteiger partial charge on any atom is 0.119 e. The molecule has 2 heterocycles. The fourth-order valence-corrected chi connectivity index (χ4v) is 2.44. The maximum absolute atomic E-state index is 13.2. The van der Waals surface area contributed by atoms with Crippen LogP contribution in [0.15, 0.2) is 0 Å². The van der Waals surface area contributed by atoms with Gasteiger partial charge in [-0.25, -0.2) is 4.39 Å². The van der Waals surface area contributed by atoms with Gasteiger partial charge < -0.3 is 15.3 Å². The van der Waals surface area contributed by atoms with E-state index in [-0.39, 0.29) is 6.61 Å². The van der Waals surface area contributed by atoms with Gasteiger partial charge in [0.2, 0.25) is 0 Å². The number of hydrogen-bond donors (Lipinski definition) is 3. The number of fused-ring (bicyclic) bond motifs is 1. The summed E-state index contributed by atoms with van der Waals surface area (Å²) in [6.07, 6.45) is -2.78. The van der Waals surface area contributed by atoms with Crippen LogP contribution >= 0.6 is 0 Å². The van der Waals surface area contributed by atoms with Crippen molar-refractivity contribution in [2.75, 3.05) is 13.2 Å². The molecule has 2 aliphatic rings. The van der Waals surface area contributed by atoms with Crippen LogP contribution in [0, 0.1) is 0 Å². The molecule has 2 aliphatic heterocycles. The van der Waals surface area contributed by atoms with E-state index in [0.717, 1.165) is 0 Å². The van der Waals surface area contributed by atoms with Crippen molar-refractivity contribution in [3.8, 4) is 0 Å². The lowest BCUT2D eigenvalue weighted by atomic mass is 10.0. The van der Waals surface area contributed by atoms with Crippen molar-refractivity contribution >= 4 is 0 Å². The number of halogens is 1. The van der Waals surface area contributed by atoms with E-state index in [4.69, 9.17) is 5.11 Å². The Labute approximate surface area is 75.6 Å². The number of rotatable bonds is 1. The van der Waals surface area contributed by atoms with Gasteiger partial charge in [-0.2, -0.15) is 0 Å². The topological polar surface area (TPSA) is 63.9 Å². The van der Waals surface area contributed by atoms with Gasteiger partial charge in [-0.3, -0.25) is 4.90 Å². The Morgan fingerprint density at radius 3 is 2.62 bits per heavy atom. The molecule has 76 valence electrons. The quantitative estimate of drug-likeness (QED) is 0.472. The summed E-state index contributed by atoms with van der Waals surface area (Å²) in [5, 5.41) is 27.9. The third-order valence-corrected chi connectivity index (χ3v) is 3.12. The molecular weight excluding hydrogens is 177 g/mol. The third-order valence-electron chi connectivity index (χ3n) is 3.12. The minimum atomic E-state index is -1.08. The lowest BCUT2D eigenvalue weighted by Crippen LogP contribution is -2.39. The van der Waals surface area contributed by atoms with Gasteiger partial charge in [0.05, 0.1) is 30.9 Å². The summed E-state index contributed by atoms with van der Waals surface area (Å²) in [5.74, 6) is 0. The predicted molar refractivity (Wildman–Crippen MR) is 42.9 cm³/mol. The second-order valence-corrected chi connectivity index (χ2v) is 3.76. The highest BCUT2D eigenvalue weighted by Gasteiger charge is 2.53. The van der Waals surface area contributed by atoms with Gasteiger partial charge in [0.1, 0.15) is 6.17 Å². The first kappa shape index (κ1) is 9.33. The molecule has 5 heteroatoms. The summed E-state index contributed by atoms with van der Waals surface area (Å²) < 4.78 is 13.2. The number of aliphatic hydroxyl groups is 3. The van der Waals surface area contributed by atoms with Gasteiger partial charge in [-0.15, -0.1) is 0 Å².